The van der Waals surface area contributed by atoms with E-state index in [0.29, 0.717) is 18.6 Å². The van der Waals surface area contributed by atoms with Crippen LogP contribution in [0.4, 0.5) is 0 Å². The number of aromatic nitrogens is 2. The highest BCUT2D eigenvalue weighted by atomic mass is 16.2. The molecule has 0 aliphatic carbocycles. The van der Waals surface area contributed by atoms with E-state index in [4.69, 9.17) is 0 Å². The molecule has 4 heterocycles. The van der Waals surface area contributed by atoms with Crippen LogP contribution >= 0.6 is 0 Å². The Hall–Kier alpha value is -2.61. The van der Waals surface area contributed by atoms with Crippen molar-refractivity contribution in [3.05, 3.63) is 40.3 Å². The van der Waals surface area contributed by atoms with Crippen LogP contribution < -0.4 is 16.2 Å². The molecule has 4 rings (SSSR count). The van der Waals surface area contributed by atoms with Crippen molar-refractivity contribution in [3.8, 4) is 0 Å². The summed E-state index contributed by atoms with van der Waals surface area (Å²) in [7, 11) is 0. The normalized spacial score (nSPS) is 23.4. The van der Waals surface area contributed by atoms with Crippen LogP contribution in [0.25, 0.3) is 5.52 Å². The van der Waals surface area contributed by atoms with E-state index in [1.807, 2.05) is 36.7 Å². The summed E-state index contributed by atoms with van der Waals surface area (Å²) in [5.41, 5.74) is 0.798. The van der Waals surface area contributed by atoms with E-state index in [1.165, 1.54) is 0 Å². The van der Waals surface area contributed by atoms with Crippen LogP contribution in [0.15, 0.2) is 29.2 Å². The zero-order valence-electron chi connectivity index (χ0n) is 18.6. The highest BCUT2D eigenvalue weighted by Crippen LogP contribution is 2.35. The number of hydrogen-bond acceptors (Lipinski definition) is 4. The molecule has 0 radical (unpaired) electrons. The van der Waals surface area contributed by atoms with Crippen molar-refractivity contribution in [3.63, 3.8) is 0 Å². The van der Waals surface area contributed by atoms with Gasteiger partial charge in [0.2, 0.25) is 5.91 Å². The maximum Gasteiger partial charge on any atom is 0.278 e. The first-order valence-electron chi connectivity index (χ1n) is 11.4. The van der Waals surface area contributed by atoms with Crippen LogP contribution in [-0.4, -0.2) is 57.1 Å². The molecule has 2 aromatic heterocycles. The molecule has 168 valence electrons. The molecule has 2 unspecified atom stereocenters. The van der Waals surface area contributed by atoms with Gasteiger partial charge >= 0.3 is 0 Å². The van der Waals surface area contributed by atoms with Gasteiger partial charge in [0.15, 0.2) is 0 Å². The third-order valence-electron chi connectivity index (χ3n) is 6.64. The van der Waals surface area contributed by atoms with E-state index in [9.17, 15) is 14.4 Å². The molecule has 2 amide bonds. The first kappa shape index (κ1) is 21.6. The Morgan fingerprint density at radius 3 is 2.55 bits per heavy atom. The van der Waals surface area contributed by atoms with Crippen LogP contribution in [0.5, 0.6) is 0 Å². The monoisotopic (exact) mass is 427 g/mol. The van der Waals surface area contributed by atoms with E-state index in [0.717, 1.165) is 44.2 Å². The zero-order valence-corrected chi connectivity index (χ0v) is 18.6. The van der Waals surface area contributed by atoms with Crippen LogP contribution in [0.1, 0.15) is 69.3 Å². The maximum absolute atomic E-state index is 13.1. The Morgan fingerprint density at radius 1 is 1.19 bits per heavy atom. The van der Waals surface area contributed by atoms with Gasteiger partial charge in [-0.2, -0.15) is 0 Å². The van der Waals surface area contributed by atoms with Gasteiger partial charge in [0.1, 0.15) is 5.56 Å². The third kappa shape index (κ3) is 4.39. The summed E-state index contributed by atoms with van der Waals surface area (Å²) in [4.78, 5) is 39.7. The van der Waals surface area contributed by atoms with Crippen molar-refractivity contribution in [2.45, 2.75) is 77.0 Å². The standard InChI is InChI=1S/C23H33N5O3/c1-15(2)28-23(31)21(14-20-6-4-11-27(20)28)22(30)25-17-12-18-7-8-19(13-17)26(18)10-5-9-24-16(3)29/h4,6,11,14-15,17-19H,5,7-10,12-13H2,1-3H3,(H,24,29)(H,25,30). The molecule has 0 spiro atoms. The highest BCUT2D eigenvalue weighted by Gasteiger charge is 2.40. The molecule has 2 fully saturated rings. The summed E-state index contributed by atoms with van der Waals surface area (Å²) in [6, 6.07) is 6.45. The van der Waals surface area contributed by atoms with Gasteiger partial charge in [-0.25, -0.2) is 4.68 Å². The van der Waals surface area contributed by atoms with E-state index in [-0.39, 0.29) is 35.0 Å². The number of carbonyl (C=O) groups is 2. The van der Waals surface area contributed by atoms with Crippen molar-refractivity contribution >= 4 is 17.3 Å². The minimum Gasteiger partial charge on any atom is -0.356 e. The van der Waals surface area contributed by atoms with Crippen molar-refractivity contribution in [1.29, 1.82) is 0 Å². The van der Waals surface area contributed by atoms with Gasteiger partial charge in [0, 0.05) is 50.4 Å². The van der Waals surface area contributed by atoms with E-state index >= 15 is 0 Å². The molecular weight excluding hydrogens is 394 g/mol. The molecular formula is C23H33N5O3. The van der Waals surface area contributed by atoms with Gasteiger partial charge in [-0.1, -0.05) is 0 Å². The molecule has 0 aromatic carbocycles. The minimum absolute atomic E-state index is 0.0132. The van der Waals surface area contributed by atoms with E-state index in [1.54, 1.807) is 17.7 Å². The number of rotatable bonds is 7. The van der Waals surface area contributed by atoms with Gasteiger partial charge < -0.3 is 10.6 Å². The first-order chi connectivity index (χ1) is 14.8. The number of amides is 2. The smallest absolute Gasteiger partial charge is 0.278 e. The van der Waals surface area contributed by atoms with Crippen molar-refractivity contribution in [1.82, 2.24) is 24.7 Å². The van der Waals surface area contributed by atoms with Gasteiger partial charge in [0.25, 0.3) is 11.5 Å². The first-order valence-corrected chi connectivity index (χ1v) is 11.4. The summed E-state index contributed by atoms with van der Waals surface area (Å²) < 4.78 is 3.44. The van der Waals surface area contributed by atoms with Crippen LogP contribution in [0.2, 0.25) is 0 Å². The Kier molecular flexibility index (Phi) is 6.18. The van der Waals surface area contributed by atoms with Crippen LogP contribution in [0.3, 0.4) is 0 Å². The Labute approximate surface area is 182 Å². The molecule has 2 aliphatic heterocycles. The van der Waals surface area contributed by atoms with Gasteiger partial charge in [0.05, 0.1) is 5.52 Å². The van der Waals surface area contributed by atoms with Gasteiger partial charge in [-0.15, -0.1) is 0 Å². The molecule has 2 atom stereocenters. The molecule has 2 aliphatic rings. The van der Waals surface area contributed by atoms with Crippen molar-refractivity contribution in [2.24, 2.45) is 0 Å². The van der Waals surface area contributed by atoms with Gasteiger partial charge in [-0.3, -0.25) is 23.8 Å². The van der Waals surface area contributed by atoms with E-state index in [2.05, 4.69) is 15.5 Å². The SMILES string of the molecule is CC(=O)NCCCN1C2CCC1CC(NC(=O)c1cc3cccn3n(C(C)C)c1=O)C2. The number of nitrogens with one attached hydrogen (secondary N) is 2. The lowest BCUT2D eigenvalue weighted by Gasteiger charge is -2.39. The molecule has 2 bridgehead atoms. The number of carbonyl (C=O) groups excluding carboxylic acids is 2. The summed E-state index contributed by atoms with van der Waals surface area (Å²) in [6.45, 7) is 7.11. The number of nitrogens with zero attached hydrogens (tertiary/aromatic N) is 3. The average molecular weight is 428 g/mol. The molecule has 2 N–H and O–H groups in total. The second kappa shape index (κ2) is 8.86. The Balaban J connectivity index is 1.42. The summed E-state index contributed by atoms with van der Waals surface area (Å²) in [5, 5.41) is 6.02. The Bertz CT molecular complexity index is 1010. The summed E-state index contributed by atoms with van der Waals surface area (Å²) in [6.07, 6.45) is 6.90. The molecule has 31 heavy (non-hydrogen) atoms. The van der Waals surface area contributed by atoms with Gasteiger partial charge in [-0.05, 0) is 64.2 Å². The zero-order chi connectivity index (χ0) is 22.1. The molecule has 8 nitrogen and oxygen atoms in total. The maximum atomic E-state index is 13.1. The fourth-order valence-corrected chi connectivity index (χ4v) is 5.32. The highest BCUT2D eigenvalue weighted by molar-refractivity contribution is 5.95. The number of fused-ring (bicyclic) bond motifs is 3. The quantitative estimate of drug-likeness (QED) is 0.661. The molecule has 2 aromatic rings. The van der Waals surface area contributed by atoms with Crippen LogP contribution in [-0.2, 0) is 4.79 Å². The van der Waals surface area contributed by atoms with Crippen molar-refractivity contribution in [2.75, 3.05) is 13.1 Å². The number of piperidine rings is 1. The predicted octanol–water partition coefficient (Wildman–Crippen LogP) is 1.93. The predicted molar refractivity (Wildman–Crippen MR) is 119 cm³/mol. The van der Waals surface area contributed by atoms with Crippen LogP contribution in [0, 0.1) is 0 Å². The topological polar surface area (TPSA) is 87.8 Å². The third-order valence-corrected chi connectivity index (χ3v) is 6.64. The van der Waals surface area contributed by atoms with Crippen molar-refractivity contribution < 1.29 is 9.59 Å². The largest absolute Gasteiger partial charge is 0.356 e. The lowest BCUT2D eigenvalue weighted by molar-refractivity contribution is -0.118. The molecule has 0 saturated carbocycles. The lowest BCUT2D eigenvalue weighted by Crippen LogP contribution is -2.51. The fourth-order valence-electron chi connectivity index (χ4n) is 5.32. The second-order valence-corrected chi connectivity index (χ2v) is 9.18. The molecule has 8 heteroatoms. The average Bonchev–Trinajstić information content (AvgIpc) is 3.25. The molecule has 2 saturated heterocycles. The fraction of sp³-hybridized carbons (Fsp3) is 0.609. The number of hydrogen-bond donors (Lipinski definition) is 2. The second-order valence-electron chi connectivity index (χ2n) is 9.18. The summed E-state index contributed by atoms with van der Waals surface area (Å²) >= 11 is 0. The summed E-state index contributed by atoms with van der Waals surface area (Å²) in [5.74, 6) is -0.258. The van der Waals surface area contributed by atoms with E-state index < -0.39 is 0 Å². The Morgan fingerprint density at radius 2 is 1.90 bits per heavy atom. The minimum atomic E-state index is -0.272. The lowest BCUT2D eigenvalue weighted by atomic mass is 9.96.